The summed E-state index contributed by atoms with van der Waals surface area (Å²) in [6, 6.07) is 19.0. The highest BCUT2D eigenvalue weighted by atomic mass is 16.5. The Morgan fingerprint density at radius 3 is 2.59 bits per heavy atom. The fourth-order valence-electron chi connectivity index (χ4n) is 4.95. The summed E-state index contributed by atoms with van der Waals surface area (Å²) in [6.07, 6.45) is 4.01. The third-order valence-corrected chi connectivity index (χ3v) is 6.42. The molecular formula is C25H34N2O2. The fraction of sp³-hybridized carbons (Fsp3) is 0.520. The van der Waals surface area contributed by atoms with Gasteiger partial charge in [-0.2, -0.15) is 0 Å². The summed E-state index contributed by atoms with van der Waals surface area (Å²) in [5.41, 5.74) is 3.03. The Balaban J connectivity index is 1.31. The standard InChI is InChI=1S/C25H34N2O2/c1-28-16-15-26-13-6-11-25(20-26)12-14-27(21-25)18-23-9-5-10-24(17-23)29-19-22-7-3-2-4-8-22/h2-5,7-10,17H,6,11-16,18-21H2,1H3. The van der Waals surface area contributed by atoms with Gasteiger partial charge in [-0.3, -0.25) is 4.90 Å². The molecule has 2 fully saturated rings. The summed E-state index contributed by atoms with van der Waals surface area (Å²) in [6.45, 7) is 8.42. The van der Waals surface area contributed by atoms with E-state index in [0.29, 0.717) is 12.0 Å². The minimum Gasteiger partial charge on any atom is -0.489 e. The van der Waals surface area contributed by atoms with E-state index in [1.807, 2.05) is 6.07 Å². The maximum absolute atomic E-state index is 6.02. The smallest absolute Gasteiger partial charge is 0.120 e. The first-order chi connectivity index (χ1) is 14.2. The van der Waals surface area contributed by atoms with E-state index in [-0.39, 0.29) is 0 Å². The Kier molecular flexibility index (Phi) is 6.86. The minimum absolute atomic E-state index is 0.480. The lowest BCUT2D eigenvalue weighted by Gasteiger charge is -2.40. The number of hydrogen-bond acceptors (Lipinski definition) is 4. The van der Waals surface area contributed by atoms with Gasteiger partial charge >= 0.3 is 0 Å². The van der Waals surface area contributed by atoms with Crippen LogP contribution in [0.4, 0.5) is 0 Å². The van der Waals surface area contributed by atoms with Crippen LogP contribution in [0.15, 0.2) is 54.6 Å². The number of piperidine rings is 1. The van der Waals surface area contributed by atoms with Crippen molar-refractivity contribution in [3.8, 4) is 5.75 Å². The summed E-state index contributed by atoms with van der Waals surface area (Å²) >= 11 is 0. The predicted molar refractivity (Wildman–Crippen MR) is 117 cm³/mol. The highest BCUT2D eigenvalue weighted by Gasteiger charge is 2.40. The van der Waals surface area contributed by atoms with E-state index in [2.05, 4.69) is 58.3 Å². The van der Waals surface area contributed by atoms with Crippen molar-refractivity contribution in [1.82, 2.24) is 9.80 Å². The highest BCUT2D eigenvalue weighted by molar-refractivity contribution is 5.29. The lowest BCUT2D eigenvalue weighted by atomic mass is 9.79. The van der Waals surface area contributed by atoms with E-state index in [4.69, 9.17) is 9.47 Å². The van der Waals surface area contributed by atoms with Crippen molar-refractivity contribution in [2.45, 2.75) is 32.4 Å². The molecule has 0 amide bonds. The van der Waals surface area contributed by atoms with Gasteiger partial charge in [0.1, 0.15) is 12.4 Å². The van der Waals surface area contributed by atoms with Crippen LogP contribution in [0.5, 0.6) is 5.75 Å². The van der Waals surface area contributed by atoms with Gasteiger partial charge in [0.05, 0.1) is 6.61 Å². The molecule has 4 rings (SSSR count). The van der Waals surface area contributed by atoms with Crippen molar-refractivity contribution >= 4 is 0 Å². The first-order valence-corrected chi connectivity index (χ1v) is 10.9. The Bertz CT molecular complexity index is 766. The second-order valence-electron chi connectivity index (χ2n) is 8.75. The first-order valence-electron chi connectivity index (χ1n) is 10.9. The highest BCUT2D eigenvalue weighted by Crippen LogP contribution is 2.39. The molecule has 0 saturated carbocycles. The van der Waals surface area contributed by atoms with Crippen LogP contribution in [0.3, 0.4) is 0 Å². The lowest BCUT2D eigenvalue weighted by Crippen LogP contribution is -2.45. The van der Waals surface area contributed by atoms with E-state index in [1.165, 1.54) is 56.6 Å². The third kappa shape index (κ3) is 5.59. The van der Waals surface area contributed by atoms with E-state index in [0.717, 1.165) is 25.4 Å². The minimum atomic E-state index is 0.480. The van der Waals surface area contributed by atoms with Gasteiger partial charge in [-0.05, 0) is 61.0 Å². The van der Waals surface area contributed by atoms with Crippen LogP contribution in [0, 0.1) is 5.41 Å². The van der Waals surface area contributed by atoms with E-state index in [9.17, 15) is 0 Å². The monoisotopic (exact) mass is 394 g/mol. The Morgan fingerprint density at radius 1 is 0.897 bits per heavy atom. The maximum atomic E-state index is 6.02. The average Bonchev–Trinajstić information content (AvgIpc) is 3.13. The van der Waals surface area contributed by atoms with Crippen LogP contribution >= 0.6 is 0 Å². The van der Waals surface area contributed by atoms with Crippen LogP contribution in [0.1, 0.15) is 30.4 Å². The average molecular weight is 395 g/mol. The van der Waals surface area contributed by atoms with Crippen LogP contribution < -0.4 is 4.74 Å². The zero-order valence-electron chi connectivity index (χ0n) is 17.7. The summed E-state index contributed by atoms with van der Waals surface area (Å²) in [5, 5.41) is 0. The van der Waals surface area contributed by atoms with Crippen molar-refractivity contribution in [1.29, 1.82) is 0 Å². The second kappa shape index (κ2) is 9.75. The molecule has 2 aromatic rings. The van der Waals surface area contributed by atoms with Crippen LogP contribution in [0.2, 0.25) is 0 Å². The van der Waals surface area contributed by atoms with Crippen LogP contribution in [-0.4, -0.2) is 56.2 Å². The molecule has 4 heteroatoms. The molecule has 0 aromatic heterocycles. The van der Waals surface area contributed by atoms with E-state index in [1.54, 1.807) is 7.11 Å². The van der Waals surface area contributed by atoms with Crippen LogP contribution in [0.25, 0.3) is 0 Å². The summed E-state index contributed by atoms with van der Waals surface area (Å²) < 4.78 is 11.3. The summed E-state index contributed by atoms with van der Waals surface area (Å²) in [5.74, 6) is 0.962. The molecule has 156 valence electrons. The van der Waals surface area contributed by atoms with Crippen molar-refractivity contribution in [2.75, 3.05) is 46.4 Å². The molecule has 29 heavy (non-hydrogen) atoms. The number of rotatable bonds is 8. The van der Waals surface area contributed by atoms with Gasteiger partial charge in [0.25, 0.3) is 0 Å². The van der Waals surface area contributed by atoms with Crippen molar-refractivity contribution in [2.24, 2.45) is 5.41 Å². The molecule has 2 aromatic carbocycles. The van der Waals surface area contributed by atoms with Gasteiger partial charge in [-0.25, -0.2) is 0 Å². The number of likely N-dealkylation sites (tertiary alicyclic amines) is 2. The van der Waals surface area contributed by atoms with Gasteiger partial charge in [-0.1, -0.05) is 42.5 Å². The predicted octanol–water partition coefficient (Wildman–Crippen LogP) is 4.20. The van der Waals surface area contributed by atoms with Crippen molar-refractivity contribution < 1.29 is 9.47 Å². The molecule has 1 unspecified atom stereocenters. The Morgan fingerprint density at radius 2 is 1.72 bits per heavy atom. The zero-order valence-corrected chi connectivity index (χ0v) is 17.7. The number of benzene rings is 2. The largest absolute Gasteiger partial charge is 0.489 e. The molecule has 0 aliphatic carbocycles. The molecule has 2 aliphatic rings. The number of nitrogens with zero attached hydrogens (tertiary/aromatic N) is 2. The fourth-order valence-corrected chi connectivity index (χ4v) is 4.95. The van der Waals surface area contributed by atoms with E-state index >= 15 is 0 Å². The van der Waals surface area contributed by atoms with Gasteiger partial charge in [-0.15, -0.1) is 0 Å². The van der Waals surface area contributed by atoms with Crippen molar-refractivity contribution in [3.63, 3.8) is 0 Å². The molecule has 0 N–H and O–H groups in total. The molecule has 2 aliphatic heterocycles. The molecule has 1 atom stereocenters. The van der Waals surface area contributed by atoms with Gasteiger partial charge < -0.3 is 14.4 Å². The molecular weight excluding hydrogens is 360 g/mol. The molecule has 0 bridgehead atoms. The maximum Gasteiger partial charge on any atom is 0.120 e. The molecule has 1 spiro atoms. The van der Waals surface area contributed by atoms with Crippen LogP contribution in [-0.2, 0) is 17.9 Å². The first kappa shape index (κ1) is 20.4. The quantitative estimate of drug-likeness (QED) is 0.670. The number of methoxy groups -OCH3 is 1. The molecule has 2 saturated heterocycles. The number of hydrogen-bond donors (Lipinski definition) is 0. The third-order valence-electron chi connectivity index (χ3n) is 6.42. The zero-order chi connectivity index (χ0) is 19.9. The normalized spacial score (nSPS) is 22.9. The Hall–Kier alpha value is -1.88. The van der Waals surface area contributed by atoms with E-state index < -0.39 is 0 Å². The van der Waals surface area contributed by atoms with Gasteiger partial charge in [0, 0.05) is 33.3 Å². The molecule has 0 radical (unpaired) electrons. The Labute approximate surface area is 175 Å². The second-order valence-corrected chi connectivity index (χ2v) is 8.75. The topological polar surface area (TPSA) is 24.9 Å². The lowest BCUT2D eigenvalue weighted by molar-refractivity contribution is 0.0673. The number of ether oxygens (including phenoxy) is 2. The van der Waals surface area contributed by atoms with Gasteiger partial charge in [0.2, 0.25) is 0 Å². The molecule has 2 heterocycles. The van der Waals surface area contributed by atoms with Crippen molar-refractivity contribution in [3.05, 3.63) is 65.7 Å². The van der Waals surface area contributed by atoms with Gasteiger partial charge in [0.15, 0.2) is 0 Å². The summed E-state index contributed by atoms with van der Waals surface area (Å²) in [7, 11) is 1.80. The summed E-state index contributed by atoms with van der Waals surface area (Å²) in [4.78, 5) is 5.24. The SMILES string of the molecule is COCCN1CCCC2(CCN(Cc3cccc(OCc4ccccc4)c3)C2)C1. The molecule has 4 nitrogen and oxygen atoms in total.